The maximum Gasteiger partial charge on any atom is 0.312 e. The van der Waals surface area contributed by atoms with Crippen LogP contribution in [0, 0.1) is 11.8 Å². The van der Waals surface area contributed by atoms with Crippen molar-refractivity contribution in [3.63, 3.8) is 0 Å². The van der Waals surface area contributed by atoms with Gasteiger partial charge < -0.3 is 14.4 Å². The van der Waals surface area contributed by atoms with Gasteiger partial charge in [-0.2, -0.15) is 0 Å². The van der Waals surface area contributed by atoms with Crippen molar-refractivity contribution in [2.24, 2.45) is 11.8 Å². The van der Waals surface area contributed by atoms with Crippen LogP contribution in [0.4, 0.5) is 5.69 Å². The van der Waals surface area contributed by atoms with Crippen LogP contribution in [0.2, 0.25) is 0 Å². The van der Waals surface area contributed by atoms with Crippen LogP contribution in [0.25, 0.3) is 0 Å². The number of para-hydroxylation sites is 1. The number of rotatable bonds is 4. The number of hydrogen-bond donors (Lipinski definition) is 0. The van der Waals surface area contributed by atoms with Gasteiger partial charge in [-0.15, -0.1) is 0 Å². The van der Waals surface area contributed by atoms with Crippen molar-refractivity contribution in [1.82, 2.24) is 0 Å². The summed E-state index contributed by atoms with van der Waals surface area (Å²) in [4.78, 5) is 27.3. The second kappa shape index (κ2) is 5.70. The SMILES string of the molecule is CCCOC(=O)[C@H]1[C@@H]2C=C[C@]3(CN(c4ccccc4Br)C(=O)[C@H]13)O2. The van der Waals surface area contributed by atoms with E-state index in [9.17, 15) is 9.59 Å². The number of anilines is 1. The molecule has 1 spiro atoms. The molecule has 1 amide bonds. The largest absolute Gasteiger partial charge is 0.465 e. The molecule has 0 unspecified atom stereocenters. The number of carbonyl (C=O) groups is 2. The summed E-state index contributed by atoms with van der Waals surface area (Å²) in [6, 6.07) is 7.58. The molecule has 0 aliphatic carbocycles. The third-order valence-corrected chi connectivity index (χ3v) is 5.63. The van der Waals surface area contributed by atoms with Crippen LogP contribution in [0.5, 0.6) is 0 Å². The summed E-state index contributed by atoms with van der Waals surface area (Å²) in [5, 5.41) is 0. The van der Waals surface area contributed by atoms with Crippen molar-refractivity contribution in [1.29, 1.82) is 0 Å². The number of nitrogens with zero attached hydrogens (tertiary/aromatic N) is 1. The van der Waals surface area contributed by atoms with Crippen molar-refractivity contribution in [2.75, 3.05) is 18.1 Å². The Labute approximate surface area is 148 Å². The highest BCUT2D eigenvalue weighted by Gasteiger charge is 2.67. The topological polar surface area (TPSA) is 55.8 Å². The summed E-state index contributed by atoms with van der Waals surface area (Å²) in [7, 11) is 0. The fourth-order valence-electron chi connectivity index (χ4n) is 3.94. The monoisotopic (exact) mass is 391 g/mol. The van der Waals surface area contributed by atoms with Gasteiger partial charge in [0.25, 0.3) is 0 Å². The molecule has 0 aromatic heterocycles. The smallest absolute Gasteiger partial charge is 0.312 e. The molecule has 3 aliphatic heterocycles. The fourth-order valence-corrected chi connectivity index (χ4v) is 4.44. The van der Waals surface area contributed by atoms with Crippen molar-refractivity contribution < 1.29 is 19.1 Å². The highest BCUT2D eigenvalue weighted by Crippen LogP contribution is 2.53. The molecule has 0 radical (unpaired) electrons. The molecule has 3 heterocycles. The lowest BCUT2D eigenvalue weighted by Crippen LogP contribution is -2.40. The zero-order chi connectivity index (χ0) is 16.9. The van der Waals surface area contributed by atoms with Gasteiger partial charge in [0, 0.05) is 4.47 Å². The number of benzene rings is 1. The maximum absolute atomic E-state index is 13.1. The number of fused-ring (bicyclic) bond motifs is 1. The molecular formula is C18H18BrNO4. The zero-order valence-electron chi connectivity index (χ0n) is 13.3. The van der Waals surface area contributed by atoms with E-state index in [1.165, 1.54) is 0 Å². The average molecular weight is 392 g/mol. The summed E-state index contributed by atoms with van der Waals surface area (Å²) >= 11 is 3.50. The van der Waals surface area contributed by atoms with Crippen molar-refractivity contribution >= 4 is 33.5 Å². The highest BCUT2D eigenvalue weighted by atomic mass is 79.9. The number of halogens is 1. The van der Waals surface area contributed by atoms with E-state index in [1.807, 2.05) is 43.3 Å². The summed E-state index contributed by atoms with van der Waals surface area (Å²) in [5.41, 5.74) is 0.0832. The Balaban J connectivity index is 1.67. The van der Waals surface area contributed by atoms with Crippen LogP contribution in [-0.2, 0) is 19.1 Å². The zero-order valence-corrected chi connectivity index (χ0v) is 14.9. The molecule has 4 rings (SSSR count). The second-order valence-electron chi connectivity index (χ2n) is 6.44. The normalized spacial score (nSPS) is 33.2. The van der Waals surface area contributed by atoms with E-state index in [0.717, 1.165) is 16.6 Å². The molecule has 0 saturated carbocycles. The summed E-state index contributed by atoms with van der Waals surface area (Å²) in [5.74, 6) is -1.47. The first kappa shape index (κ1) is 15.8. The Morgan fingerprint density at radius 2 is 2.25 bits per heavy atom. The van der Waals surface area contributed by atoms with E-state index >= 15 is 0 Å². The first-order valence-corrected chi connectivity index (χ1v) is 8.96. The minimum absolute atomic E-state index is 0.0767. The Bertz CT molecular complexity index is 733. The van der Waals surface area contributed by atoms with Crippen LogP contribution in [0.1, 0.15) is 13.3 Å². The summed E-state index contributed by atoms with van der Waals surface area (Å²) in [6.07, 6.45) is 4.24. The fraction of sp³-hybridized carbons (Fsp3) is 0.444. The Morgan fingerprint density at radius 1 is 1.46 bits per heavy atom. The molecule has 24 heavy (non-hydrogen) atoms. The van der Waals surface area contributed by atoms with Crippen LogP contribution in [0.15, 0.2) is 40.9 Å². The van der Waals surface area contributed by atoms with Crippen molar-refractivity contribution in [2.45, 2.75) is 25.0 Å². The lowest BCUT2D eigenvalue weighted by molar-refractivity contribution is -0.152. The number of amides is 1. The van der Waals surface area contributed by atoms with Gasteiger partial charge in [0.2, 0.25) is 5.91 Å². The minimum Gasteiger partial charge on any atom is -0.465 e. The standard InChI is InChI=1S/C18H18BrNO4/c1-2-9-23-17(22)14-13-7-8-18(24-13)10-20(16(21)15(14)18)12-6-4-3-5-11(12)19/h3-8,13-15H,2,9-10H2,1H3/t13-,14-,15-,18+/m0/s1. The first-order chi connectivity index (χ1) is 11.6. The van der Waals surface area contributed by atoms with Crippen molar-refractivity contribution in [3.05, 3.63) is 40.9 Å². The highest BCUT2D eigenvalue weighted by molar-refractivity contribution is 9.10. The lowest BCUT2D eigenvalue weighted by atomic mass is 9.77. The quantitative estimate of drug-likeness (QED) is 0.584. The predicted molar refractivity (Wildman–Crippen MR) is 91.5 cm³/mol. The molecule has 2 fully saturated rings. The number of hydrogen-bond acceptors (Lipinski definition) is 4. The molecule has 2 saturated heterocycles. The van der Waals surface area contributed by atoms with Gasteiger partial charge >= 0.3 is 5.97 Å². The maximum atomic E-state index is 13.1. The molecule has 5 nitrogen and oxygen atoms in total. The number of carbonyl (C=O) groups excluding carboxylic acids is 2. The van der Waals surface area contributed by atoms with Gasteiger partial charge in [-0.25, -0.2) is 0 Å². The molecule has 2 bridgehead atoms. The van der Waals surface area contributed by atoms with E-state index in [2.05, 4.69) is 15.9 Å². The third-order valence-electron chi connectivity index (χ3n) is 4.96. The van der Waals surface area contributed by atoms with Crippen LogP contribution >= 0.6 is 15.9 Å². The van der Waals surface area contributed by atoms with E-state index in [4.69, 9.17) is 9.47 Å². The van der Waals surface area contributed by atoms with Gasteiger partial charge in [0.05, 0.1) is 30.9 Å². The van der Waals surface area contributed by atoms with Crippen molar-refractivity contribution in [3.8, 4) is 0 Å². The van der Waals surface area contributed by atoms with Gasteiger partial charge in [-0.3, -0.25) is 9.59 Å². The average Bonchev–Trinajstić information content (AvgIpc) is 3.21. The van der Waals surface area contributed by atoms with E-state index in [-0.39, 0.29) is 18.0 Å². The predicted octanol–water partition coefficient (Wildman–Crippen LogP) is 2.69. The van der Waals surface area contributed by atoms with Gasteiger partial charge in [-0.05, 0) is 34.5 Å². The van der Waals surface area contributed by atoms with E-state index < -0.39 is 17.4 Å². The molecule has 1 aromatic rings. The van der Waals surface area contributed by atoms with E-state index in [0.29, 0.717) is 13.2 Å². The third kappa shape index (κ3) is 2.16. The molecule has 3 aliphatic rings. The minimum atomic E-state index is -0.715. The van der Waals surface area contributed by atoms with Crippen LogP contribution < -0.4 is 4.90 Å². The van der Waals surface area contributed by atoms with Gasteiger partial charge in [-0.1, -0.05) is 31.2 Å². The first-order valence-electron chi connectivity index (χ1n) is 8.17. The summed E-state index contributed by atoms with van der Waals surface area (Å²) < 4.78 is 12.2. The van der Waals surface area contributed by atoms with Gasteiger partial charge in [0.1, 0.15) is 11.5 Å². The molecule has 0 N–H and O–H groups in total. The summed E-state index contributed by atoms with van der Waals surface area (Å²) in [6.45, 7) is 2.73. The lowest BCUT2D eigenvalue weighted by Gasteiger charge is -2.22. The van der Waals surface area contributed by atoms with Gasteiger partial charge in [0.15, 0.2) is 0 Å². The molecule has 6 heteroatoms. The molecular weight excluding hydrogens is 374 g/mol. The van der Waals surface area contributed by atoms with Crippen LogP contribution in [-0.4, -0.2) is 36.7 Å². The van der Waals surface area contributed by atoms with Crippen LogP contribution in [0.3, 0.4) is 0 Å². The molecule has 1 aromatic carbocycles. The number of ether oxygens (including phenoxy) is 2. The Kier molecular flexibility index (Phi) is 3.77. The number of esters is 1. The Hall–Kier alpha value is -1.66. The molecule has 4 atom stereocenters. The Morgan fingerprint density at radius 3 is 3.00 bits per heavy atom. The van der Waals surface area contributed by atoms with E-state index in [1.54, 1.807) is 4.90 Å². The molecule has 126 valence electrons. The second-order valence-corrected chi connectivity index (χ2v) is 7.30.